The zero-order chi connectivity index (χ0) is 11.7. The summed E-state index contributed by atoms with van der Waals surface area (Å²) in [5.74, 6) is 0.618. The third-order valence-electron chi connectivity index (χ3n) is 3.41. The molecular formula is C12H19BrN2S. The van der Waals surface area contributed by atoms with E-state index in [9.17, 15) is 0 Å². The molecule has 4 heteroatoms. The lowest BCUT2D eigenvalue weighted by molar-refractivity contribution is 0.187. The van der Waals surface area contributed by atoms with Crippen LogP contribution in [0.5, 0.6) is 0 Å². The Hall–Kier alpha value is 0.1000. The van der Waals surface area contributed by atoms with Gasteiger partial charge in [-0.05, 0) is 67.3 Å². The van der Waals surface area contributed by atoms with E-state index in [0.29, 0.717) is 18.0 Å². The van der Waals surface area contributed by atoms with Gasteiger partial charge in [-0.3, -0.25) is 4.90 Å². The van der Waals surface area contributed by atoms with E-state index < -0.39 is 0 Å². The molecular weight excluding hydrogens is 284 g/mol. The molecule has 1 saturated heterocycles. The van der Waals surface area contributed by atoms with Crippen molar-refractivity contribution in [3.63, 3.8) is 0 Å². The molecule has 0 spiro atoms. The molecule has 2 nitrogen and oxygen atoms in total. The van der Waals surface area contributed by atoms with Gasteiger partial charge < -0.3 is 5.73 Å². The Balaban J connectivity index is 2.25. The van der Waals surface area contributed by atoms with Crippen molar-refractivity contribution in [3.05, 3.63) is 20.8 Å². The average Bonchev–Trinajstić information content (AvgIpc) is 2.82. The monoisotopic (exact) mass is 302 g/mol. The molecule has 1 fully saturated rings. The van der Waals surface area contributed by atoms with E-state index in [4.69, 9.17) is 5.73 Å². The van der Waals surface area contributed by atoms with E-state index in [1.54, 1.807) is 0 Å². The first-order chi connectivity index (χ1) is 7.63. The molecule has 0 amide bonds. The highest BCUT2D eigenvalue weighted by atomic mass is 79.9. The second-order valence-corrected chi connectivity index (χ2v) is 7.20. The van der Waals surface area contributed by atoms with Crippen LogP contribution in [0.4, 0.5) is 0 Å². The Bertz CT molecular complexity index is 351. The number of hydrogen-bond acceptors (Lipinski definition) is 3. The van der Waals surface area contributed by atoms with Crippen LogP contribution in [0, 0.1) is 5.92 Å². The minimum Gasteiger partial charge on any atom is -0.330 e. The third-order valence-corrected chi connectivity index (χ3v) is 5.11. The van der Waals surface area contributed by atoms with E-state index in [0.717, 1.165) is 6.54 Å². The van der Waals surface area contributed by atoms with E-state index in [1.807, 2.05) is 11.3 Å². The summed E-state index contributed by atoms with van der Waals surface area (Å²) in [6, 6.07) is 5.51. The van der Waals surface area contributed by atoms with Crippen LogP contribution in [-0.2, 0) is 0 Å². The zero-order valence-corrected chi connectivity index (χ0v) is 12.2. The maximum atomic E-state index is 5.90. The number of thiophene rings is 1. The van der Waals surface area contributed by atoms with Gasteiger partial charge in [0, 0.05) is 17.0 Å². The van der Waals surface area contributed by atoms with E-state index >= 15 is 0 Å². The Labute approximate surface area is 110 Å². The third kappa shape index (κ3) is 2.35. The summed E-state index contributed by atoms with van der Waals surface area (Å²) in [6.07, 6.45) is 1.23. The SMILES string of the molecule is CC(C)N1CCC(CN)C1c1ccc(Br)s1. The number of nitrogens with zero attached hydrogens (tertiary/aromatic N) is 1. The molecule has 2 atom stereocenters. The summed E-state index contributed by atoms with van der Waals surface area (Å²) in [6.45, 7) is 6.52. The first-order valence-electron chi connectivity index (χ1n) is 5.84. The predicted molar refractivity (Wildman–Crippen MR) is 73.8 cm³/mol. The highest BCUT2D eigenvalue weighted by molar-refractivity contribution is 9.11. The first-order valence-corrected chi connectivity index (χ1v) is 7.45. The lowest BCUT2D eigenvalue weighted by Gasteiger charge is -2.30. The predicted octanol–water partition coefficient (Wildman–Crippen LogP) is 3.24. The molecule has 0 aromatic carbocycles. The van der Waals surface area contributed by atoms with Crippen LogP contribution >= 0.6 is 27.3 Å². The van der Waals surface area contributed by atoms with Crippen LogP contribution in [0.1, 0.15) is 31.2 Å². The van der Waals surface area contributed by atoms with Crippen LogP contribution < -0.4 is 5.73 Å². The van der Waals surface area contributed by atoms with Gasteiger partial charge in [-0.15, -0.1) is 11.3 Å². The van der Waals surface area contributed by atoms with Crippen LogP contribution in [-0.4, -0.2) is 24.0 Å². The molecule has 1 aromatic rings. The molecule has 1 aliphatic heterocycles. The number of likely N-dealkylation sites (tertiary alicyclic amines) is 1. The molecule has 2 heterocycles. The fourth-order valence-corrected chi connectivity index (χ4v) is 4.23. The van der Waals surface area contributed by atoms with Crippen molar-refractivity contribution < 1.29 is 0 Å². The van der Waals surface area contributed by atoms with E-state index in [2.05, 4.69) is 46.8 Å². The topological polar surface area (TPSA) is 29.3 Å². The number of nitrogens with two attached hydrogens (primary N) is 1. The largest absolute Gasteiger partial charge is 0.330 e. The number of rotatable bonds is 3. The van der Waals surface area contributed by atoms with Gasteiger partial charge in [0.1, 0.15) is 0 Å². The maximum Gasteiger partial charge on any atom is 0.0701 e. The molecule has 1 aliphatic rings. The molecule has 0 radical (unpaired) electrons. The normalized spacial score (nSPS) is 26.8. The molecule has 90 valence electrons. The van der Waals surface area contributed by atoms with Crippen molar-refractivity contribution in [2.45, 2.75) is 32.4 Å². The van der Waals surface area contributed by atoms with Crippen molar-refractivity contribution in [1.82, 2.24) is 4.90 Å². The Morgan fingerprint density at radius 3 is 2.81 bits per heavy atom. The van der Waals surface area contributed by atoms with Crippen LogP contribution in [0.15, 0.2) is 15.9 Å². The molecule has 2 unspecified atom stereocenters. The van der Waals surface area contributed by atoms with Gasteiger partial charge in [-0.2, -0.15) is 0 Å². The smallest absolute Gasteiger partial charge is 0.0701 e. The average molecular weight is 303 g/mol. The summed E-state index contributed by atoms with van der Waals surface area (Å²) in [5, 5.41) is 0. The summed E-state index contributed by atoms with van der Waals surface area (Å²) >= 11 is 5.39. The van der Waals surface area contributed by atoms with Crippen molar-refractivity contribution >= 4 is 27.3 Å². The van der Waals surface area contributed by atoms with Gasteiger partial charge in [0.05, 0.1) is 3.79 Å². The molecule has 16 heavy (non-hydrogen) atoms. The van der Waals surface area contributed by atoms with Crippen LogP contribution in [0.25, 0.3) is 0 Å². The first kappa shape index (κ1) is 12.6. The summed E-state index contributed by atoms with van der Waals surface area (Å²) in [7, 11) is 0. The fourth-order valence-electron chi connectivity index (χ4n) is 2.59. The minimum atomic E-state index is 0.529. The van der Waals surface area contributed by atoms with Gasteiger partial charge in [-0.25, -0.2) is 0 Å². The highest BCUT2D eigenvalue weighted by Gasteiger charge is 2.36. The van der Waals surface area contributed by atoms with Gasteiger partial charge in [0.25, 0.3) is 0 Å². The Morgan fingerprint density at radius 2 is 2.31 bits per heavy atom. The summed E-state index contributed by atoms with van der Waals surface area (Å²) in [4.78, 5) is 4.03. The molecule has 0 saturated carbocycles. The fraction of sp³-hybridized carbons (Fsp3) is 0.667. The molecule has 1 aromatic heterocycles. The van der Waals surface area contributed by atoms with E-state index in [1.165, 1.54) is 21.6 Å². The second-order valence-electron chi connectivity index (χ2n) is 4.70. The van der Waals surface area contributed by atoms with Gasteiger partial charge >= 0.3 is 0 Å². The molecule has 2 N–H and O–H groups in total. The Kier molecular flexibility index (Phi) is 4.06. The molecule has 2 rings (SSSR count). The zero-order valence-electron chi connectivity index (χ0n) is 9.82. The van der Waals surface area contributed by atoms with Crippen molar-refractivity contribution in [2.75, 3.05) is 13.1 Å². The van der Waals surface area contributed by atoms with Crippen LogP contribution in [0.2, 0.25) is 0 Å². The number of halogens is 1. The maximum absolute atomic E-state index is 5.90. The summed E-state index contributed by atoms with van der Waals surface area (Å²) in [5.41, 5.74) is 5.90. The highest BCUT2D eigenvalue weighted by Crippen LogP contribution is 2.41. The summed E-state index contributed by atoms with van der Waals surface area (Å²) < 4.78 is 1.22. The lowest BCUT2D eigenvalue weighted by atomic mass is 9.99. The van der Waals surface area contributed by atoms with Crippen molar-refractivity contribution in [2.24, 2.45) is 11.7 Å². The quantitative estimate of drug-likeness (QED) is 0.929. The minimum absolute atomic E-state index is 0.529. The molecule has 0 bridgehead atoms. The van der Waals surface area contributed by atoms with Crippen molar-refractivity contribution in [3.8, 4) is 0 Å². The van der Waals surface area contributed by atoms with E-state index in [-0.39, 0.29) is 0 Å². The standard InChI is InChI=1S/C12H19BrN2S/c1-8(2)15-6-5-9(7-14)12(15)10-3-4-11(13)16-10/h3-4,8-9,12H,5-7,14H2,1-2H3. The van der Waals surface area contributed by atoms with Crippen molar-refractivity contribution in [1.29, 1.82) is 0 Å². The van der Waals surface area contributed by atoms with Gasteiger partial charge in [0.2, 0.25) is 0 Å². The lowest BCUT2D eigenvalue weighted by Crippen LogP contribution is -2.32. The second kappa shape index (κ2) is 5.17. The van der Waals surface area contributed by atoms with Crippen LogP contribution in [0.3, 0.4) is 0 Å². The Morgan fingerprint density at radius 1 is 1.56 bits per heavy atom. The van der Waals surface area contributed by atoms with Gasteiger partial charge in [0.15, 0.2) is 0 Å². The van der Waals surface area contributed by atoms with Gasteiger partial charge in [-0.1, -0.05) is 0 Å². The molecule has 0 aliphatic carbocycles. The number of hydrogen-bond donors (Lipinski definition) is 1.